The molecule has 15 heavy (non-hydrogen) atoms. The molecular formula is C11H21NO3. The molecule has 1 aliphatic rings. The molecule has 2 atom stereocenters. The van der Waals surface area contributed by atoms with Crippen LogP contribution in [0.4, 0.5) is 0 Å². The summed E-state index contributed by atoms with van der Waals surface area (Å²) >= 11 is 0. The van der Waals surface area contributed by atoms with E-state index < -0.39 is 0 Å². The van der Waals surface area contributed by atoms with Crippen molar-refractivity contribution < 1.29 is 14.3 Å². The second-order valence-electron chi connectivity index (χ2n) is 4.23. The molecule has 1 N–H and O–H groups in total. The van der Waals surface area contributed by atoms with Crippen LogP contribution in [0.2, 0.25) is 0 Å². The van der Waals surface area contributed by atoms with Gasteiger partial charge in [-0.25, -0.2) is 0 Å². The van der Waals surface area contributed by atoms with Crippen LogP contribution in [0.3, 0.4) is 0 Å². The highest BCUT2D eigenvalue weighted by molar-refractivity contribution is 5.71. The molecule has 0 spiro atoms. The largest absolute Gasteiger partial charge is 0.462 e. The molecule has 0 heterocycles. The average molecular weight is 215 g/mol. The quantitative estimate of drug-likeness (QED) is 0.698. The van der Waals surface area contributed by atoms with E-state index in [9.17, 15) is 4.79 Å². The van der Waals surface area contributed by atoms with Crippen LogP contribution in [0.25, 0.3) is 0 Å². The summed E-state index contributed by atoms with van der Waals surface area (Å²) in [4.78, 5) is 11.3. The summed E-state index contributed by atoms with van der Waals surface area (Å²) in [5.41, 5.74) is 0. The molecule has 1 aliphatic carbocycles. The molecule has 0 aliphatic heterocycles. The number of esters is 1. The number of rotatable bonds is 5. The number of hydrogen-bond donors (Lipinski definition) is 1. The van der Waals surface area contributed by atoms with Crippen LogP contribution in [-0.2, 0) is 14.3 Å². The van der Waals surface area contributed by atoms with Gasteiger partial charge in [0.1, 0.15) is 0 Å². The smallest absolute Gasteiger partial charge is 0.320 e. The van der Waals surface area contributed by atoms with Crippen LogP contribution >= 0.6 is 0 Å². The van der Waals surface area contributed by atoms with Crippen molar-refractivity contribution in [1.82, 2.24) is 5.32 Å². The number of ether oxygens (including phenoxy) is 2. The summed E-state index contributed by atoms with van der Waals surface area (Å²) < 4.78 is 10.4. The molecule has 1 fully saturated rings. The Morgan fingerprint density at radius 1 is 1.47 bits per heavy atom. The molecule has 0 aromatic heterocycles. The Labute approximate surface area is 91.3 Å². The lowest BCUT2D eigenvalue weighted by Crippen LogP contribution is -2.40. The molecule has 1 saturated carbocycles. The van der Waals surface area contributed by atoms with E-state index in [1.165, 1.54) is 0 Å². The van der Waals surface area contributed by atoms with Crippen molar-refractivity contribution >= 4 is 5.97 Å². The van der Waals surface area contributed by atoms with E-state index in [0.29, 0.717) is 6.04 Å². The van der Waals surface area contributed by atoms with Gasteiger partial charge in [-0.05, 0) is 33.1 Å². The lowest BCUT2D eigenvalue weighted by molar-refractivity contribution is -0.146. The maximum absolute atomic E-state index is 11.3. The Balaban J connectivity index is 2.21. The summed E-state index contributed by atoms with van der Waals surface area (Å²) in [6.07, 6.45) is 3.52. The van der Waals surface area contributed by atoms with Crippen molar-refractivity contribution in [3.8, 4) is 0 Å². The molecule has 0 aromatic rings. The van der Waals surface area contributed by atoms with Gasteiger partial charge in [-0.15, -0.1) is 0 Å². The first-order valence-corrected chi connectivity index (χ1v) is 5.59. The van der Waals surface area contributed by atoms with Gasteiger partial charge in [0.05, 0.1) is 18.8 Å². The molecule has 0 saturated heterocycles. The van der Waals surface area contributed by atoms with Gasteiger partial charge in [0.15, 0.2) is 0 Å². The summed E-state index contributed by atoms with van der Waals surface area (Å²) in [7, 11) is 1.72. The second-order valence-corrected chi connectivity index (χ2v) is 4.23. The third-order valence-corrected chi connectivity index (χ3v) is 2.63. The maximum atomic E-state index is 11.3. The Kier molecular flexibility index (Phi) is 5.05. The number of carbonyl (C=O) groups is 1. The lowest BCUT2D eigenvalue weighted by atomic mass is 10.2. The van der Waals surface area contributed by atoms with Crippen LogP contribution < -0.4 is 5.32 Å². The Morgan fingerprint density at radius 2 is 2.20 bits per heavy atom. The van der Waals surface area contributed by atoms with Crippen LogP contribution in [0.1, 0.15) is 33.1 Å². The van der Waals surface area contributed by atoms with E-state index in [1.54, 1.807) is 7.11 Å². The first-order chi connectivity index (χ1) is 7.13. The zero-order chi connectivity index (χ0) is 11.3. The Bertz CT molecular complexity index is 206. The van der Waals surface area contributed by atoms with Gasteiger partial charge >= 0.3 is 5.97 Å². The Hall–Kier alpha value is -0.610. The molecule has 4 nitrogen and oxygen atoms in total. The topological polar surface area (TPSA) is 47.6 Å². The predicted octanol–water partition coefficient (Wildman–Crippen LogP) is 1.10. The lowest BCUT2D eigenvalue weighted by Gasteiger charge is -2.19. The van der Waals surface area contributed by atoms with Crippen molar-refractivity contribution in [1.29, 1.82) is 0 Å². The van der Waals surface area contributed by atoms with Gasteiger partial charge in [-0.2, -0.15) is 0 Å². The molecule has 0 bridgehead atoms. The molecule has 0 radical (unpaired) electrons. The maximum Gasteiger partial charge on any atom is 0.320 e. The first kappa shape index (κ1) is 12.5. The average Bonchev–Trinajstić information content (AvgIpc) is 2.60. The van der Waals surface area contributed by atoms with E-state index in [0.717, 1.165) is 19.3 Å². The monoisotopic (exact) mass is 215 g/mol. The van der Waals surface area contributed by atoms with Crippen molar-refractivity contribution in [2.75, 3.05) is 13.7 Å². The van der Waals surface area contributed by atoms with Crippen molar-refractivity contribution in [2.24, 2.45) is 0 Å². The fourth-order valence-electron chi connectivity index (χ4n) is 1.96. The Morgan fingerprint density at radius 3 is 2.80 bits per heavy atom. The van der Waals surface area contributed by atoms with E-state index >= 15 is 0 Å². The minimum absolute atomic E-state index is 0.0406. The molecule has 0 aromatic carbocycles. The van der Waals surface area contributed by atoms with E-state index in [1.807, 2.05) is 13.8 Å². The zero-order valence-electron chi connectivity index (χ0n) is 9.79. The standard InChI is InChI=1S/C11H21NO3/c1-8(2)15-11(13)7-12-9-5-4-6-10(9)14-3/h8-10,12H,4-7H2,1-3H3. The highest BCUT2D eigenvalue weighted by Crippen LogP contribution is 2.21. The first-order valence-electron chi connectivity index (χ1n) is 5.59. The van der Waals surface area contributed by atoms with Crippen molar-refractivity contribution in [3.05, 3.63) is 0 Å². The fourth-order valence-corrected chi connectivity index (χ4v) is 1.96. The number of carbonyl (C=O) groups excluding carboxylic acids is 1. The molecule has 0 amide bonds. The summed E-state index contributed by atoms with van der Waals surface area (Å²) in [6.45, 7) is 3.99. The van der Waals surface area contributed by atoms with Crippen molar-refractivity contribution in [3.63, 3.8) is 0 Å². The number of nitrogens with one attached hydrogen (secondary N) is 1. The summed E-state index contributed by atoms with van der Waals surface area (Å²) in [5, 5.41) is 3.19. The third kappa shape index (κ3) is 4.18. The zero-order valence-corrected chi connectivity index (χ0v) is 9.79. The van der Waals surface area contributed by atoms with Crippen LogP contribution in [0.5, 0.6) is 0 Å². The van der Waals surface area contributed by atoms with Gasteiger partial charge in [-0.3, -0.25) is 4.79 Å². The normalized spacial score (nSPS) is 25.9. The molecule has 1 rings (SSSR count). The predicted molar refractivity (Wildman–Crippen MR) is 57.7 cm³/mol. The van der Waals surface area contributed by atoms with Crippen molar-refractivity contribution in [2.45, 2.75) is 51.4 Å². The molecule has 88 valence electrons. The van der Waals surface area contributed by atoms with E-state index in [2.05, 4.69) is 5.32 Å². The highest BCUT2D eigenvalue weighted by Gasteiger charge is 2.27. The van der Waals surface area contributed by atoms with Gasteiger partial charge < -0.3 is 14.8 Å². The van der Waals surface area contributed by atoms with Crippen LogP contribution in [0, 0.1) is 0 Å². The fraction of sp³-hybridized carbons (Fsp3) is 0.909. The number of hydrogen-bond acceptors (Lipinski definition) is 4. The van der Waals surface area contributed by atoms with Crippen LogP contribution in [0.15, 0.2) is 0 Å². The highest BCUT2D eigenvalue weighted by atomic mass is 16.5. The number of methoxy groups -OCH3 is 1. The molecule has 2 unspecified atom stereocenters. The minimum Gasteiger partial charge on any atom is -0.462 e. The van der Waals surface area contributed by atoms with Crippen LogP contribution in [-0.4, -0.2) is 37.9 Å². The molecule has 4 heteroatoms. The minimum atomic E-state index is -0.188. The van der Waals surface area contributed by atoms with Gasteiger partial charge in [0.2, 0.25) is 0 Å². The SMILES string of the molecule is COC1CCCC1NCC(=O)OC(C)C. The van der Waals surface area contributed by atoms with E-state index in [4.69, 9.17) is 9.47 Å². The second kappa shape index (κ2) is 6.08. The summed E-state index contributed by atoms with van der Waals surface area (Å²) in [6, 6.07) is 0.301. The third-order valence-electron chi connectivity index (χ3n) is 2.63. The van der Waals surface area contributed by atoms with E-state index in [-0.39, 0.29) is 24.7 Å². The van der Waals surface area contributed by atoms with Gasteiger partial charge in [-0.1, -0.05) is 0 Å². The molecular weight excluding hydrogens is 194 g/mol. The van der Waals surface area contributed by atoms with Gasteiger partial charge in [0.25, 0.3) is 0 Å². The summed E-state index contributed by atoms with van der Waals surface area (Å²) in [5.74, 6) is -0.188. The van der Waals surface area contributed by atoms with Gasteiger partial charge in [0, 0.05) is 13.2 Å².